The fourth-order valence-corrected chi connectivity index (χ4v) is 4.47. The summed E-state index contributed by atoms with van der Waals surface area (Å²) in [7, 11) is 1.63. The van der Waals surface area contributed by atoms with Gasteiger partial charge in [-0.25, -0.2) is 4.98 Å². The van der Waals surface area contributed by atoms with Gasteiger partial charge in [0.05, 0.1) is 24.9 Å². The highest BCUT2D eigenvalue weighted by atomic mass is 32.1. The number of aromatic nitrogens is 2. The van der Waals surface area contributed by atoms with Crippen molar-refractivity contribution in [1.29, 1.82) is 0 Å². The molecule has 1 aliphatic rings. The first-order valence-corrected chi connectivity index (χ1v) is 10.7. The number of hydrogen-bond acceptors (Lipinski definition) is 7. The molecular weight excluding hydrogens is 414 g/mol. The molecule has 0 unspecified atom stereocenters. The highest BCUT2D eigenvalue weighted by Crippen LogP contribution is 2.40. The van der Waals surface area contributed by atoms with E-state index in [9.17, 15) is 5.11 Å². The van der Waals surface area contributed by atoms with Crippen molar-refractivity contribution in [2.24, 2.45) is 0 Å². The van der Waals surface area contributed by atoms with E-state index in [1.54, 1.807) is 17.9 Å². The van der Waals surface area contributed by atoms with Gasteiger partial charge in [-0.15, -0.1) is 11.3 Å². The molecule has 0 aliphatic carbocycles. The number of nitrogens with zero attached hydrogens (tertiary/aromatic N) is 2. The first kappa shape index (κ1) is 19.3. The summed E-state index contributed by atoms with van der Waals surface area (Å²) in [5.74, 6) is 2.75. The fourth-order valence-electron chi connectivity index (χ4n) is 3.58. The molecular formula is C23H21N3O4S. The second-order valence-corrected chi connectivity index (χ2v) is 8.05. The zero-order valence-electron chi connectivity index (χ0n) is 16.8. The Kier molecular flexibility index (Phi) is 4.91. The molecule has 158 valence electrons. The van der Waals surface area contributed by atoms with Crippen LogP contribution in [0.25, 0.3) is 21.8 Å². The predicted octanol–water partition coefficient (Wildman–Crippen LogP) is 4.42. The van der Waals surface area contributed by atoms with Crippen molar-refractivity contribution in [2.75, 3.05) is 19.5 Å². The van der Waals surface area contributed by atoms with Gasteiger partial charge in [0.2, 0.25) is 0 Å². The summed E-state index contributed by atoms with van der Waals surface area (Å²) < 4.78 is 18.8. The quantitative estimate of drug-likeness (QED) is 0.482. The van der Waals surface area contributed by atoms with Crippen molar-refractivity contribution in [3.63, 3.8) is 0 Å². The van der Waals surface area contributed by atoms with Crippen LogP contribution >= 0.6 is 11.3 Å². The molecule has 0 spiro atoms. The van der Waals surface area contributed by atoms with E-state index < -0.39 is 0 Å². The highest BCUT2D eigenvalue weighted by Gasteiger charge is 2.24. The molecule has 3 heterocycles. The van der Waals surface area contributed by atoms with Crippen LogP contribution in [-0.2, 0) is 6.54 Å². The number of nitrogens with two attached hydrogens (primary N) is 1. The minimum absolute atomic E-state index is 0.0882. The molecule has 2 aromatic heterocycles. The molecule has 31 heavy (non-hydrogen) atoms. The molecule has 4 aromatic rings. The van der Waals surface area contributed by atoms with E-state index in [0.717, 1.165) is 22.8 Å². The van der Waals surface area contributed by atoms with Gasteiger partial charge in [-0.3, -0.25) is 0 Å². The first-order valence-electron chi connectivity index (χ1n) is 9.78. The maximum atomic E-state index is 10.6. The summed E-state index contributed by atoms with van der Waals surface area (Å²) in [6.07, 6.45) is 1.39. The molecule has 8 heteroatoms. The topological polar surface area (TPSA) is 91.8 Å². The lowest BCUT2D eigenvalue weighted by Gasteiger charge is -2.27. The third-order valence-electron chi connectivity index (χ3n) is 5.17. The Morgan fingerprint density at radius 3 is 2.74 bits per heavy atom. The van der Waals surface area contributed by atoms with Crippen LogP contribution in [0.3, 0.4) is 0 Å². The summed E-state index contributed by atoms with van der Waals surface area (Å²) in [4.78, 5) is 4.69. The molecule has 0 saturated carbocycles. The third kappa shape index (κ3) is 3.66. The van der Waals surface area contributed by atoms with Gasteiger partial charge in [0.15, 0.2) is 17.6 Å². The second kappa shape index (κ2) is 7.88. The summed E-state index contributed by atoms with van der Waals surface area (Å²) in [6, 6.07) is 15.2. The average molecular weight is 436 g/mol. The van der Waals surface area contributed by atoms with Crippen LogP contribution in [0.2, 0.25) is 0 Å². The maximum Gasteiger partial charge on any atom is 0.161 e. The first-order chi connectivity index (χ1) is 15.1. The number of ether oxygens (including phenoxy) is 3. The predicted molar refractivity (Wildman–Crippen MR) is 120 cm³/mol. The molecule has 0 radical (unpaired) electrons. The molecule has 5 rings (SSSR count). The van der Waals surface area contributed by atoms with E-state index in [1.807, 2.05) is 53.9 Å². The highest BCUT2D eigenvalue weighted by molar-refractivity contribution is 7.13. The van der Waals surface area contributed by atoms with Gasteiger partial charge in [-0.1, -0.05) is 12.1 Å². The Morgan fingerprint density at radius 2 is 1.97 bits per heavy atom. The molecule has 0 amide bonds. The fraction of sp³-hybridized carbons (Fsp3) is 0.174. The minimum Gasteiger partial charge on any atom is -0.506 e. The van der Waals surface area contributed by atoms with E-state index in [-0.39, 0.29) is 11.9 Å². The van der Waals surface area contributed by atoms with Gasteiger partial charge in [0.25, 0.3) is 0 Å². The van der Waals surface area contributed by atoms with Crippen LogP contribution in [0.15, 0.2) is 60.1 Å². The lowest BCUT2D eigenvalue weighted by atomic mass is 10.2. The van der Waals surface area contributed by atoms with Crippen LogP contribution in [0.5, 0.6) is 23.0 Å². The van der Waals surface area contributed by atoms with E-state index in [1.165, 1.54) is 11.3 Å². The van der Waals surface area contributed by atoms with E-state index in [2.05, 4.69) is 4.98 Å². The molecule has 0 saturated heterocycles. The van der Waals surface area contributed by atoms with Crippen LogP contribution < -0.4 is 19.9 Å². The van der Waals surface area contributed by atoms with Crippen LogP contribution in [0, 0.1) is 0 Å². The normalized spacial score (nSPS) is 15.1. The van der Waals surface area contributed by atoms with Crippen molar-refractivity contribution in [3.8, 4) is 44.8 Å². The van der Waals surface area contributed by atoms with Crippen LogP contribution in [0.1, 0.15) is 0 Å². The number of rotatable bonds is 5. The number of fused-ring (bicyclic) bond motifs is 1. The van der Waals surface area contributed by atoms with Gasteiger partial charge >= 0.3 is 0 Å². The van der Waals surface area contributed by atoms with Gasteiger partial charge in [-0.05, 0) is 36.4 Å². The zero-order chi connectivity index (χ0) is 21.4. The Balaban J connectivity index is 1.37. The van der Waals surface area contributed by atoms with Crippen molar-refractivity contribution in [3.05, 3.63) is 60.1 Å². The minimum atomic E-state index is -0.219. The van der Waals surface area contributed by atoms with Crippen molar-refractivity contribution < 1.29 is 19.3 Å². The summed E-state index contributed by atoms with van der Waals surface area (Å²) in [6.45, 7) is 0.855. The molecule has 0 fully saturated rings. The Morgan fingerprint density at radius 1 is 1.19 bits per heavy atom. The smallest absolute Gasteiger partial charge is 0.161 e. The number of aromatic hydroxyl groups is 1. The van der Waals surface area contributed by atoms with Gasteiger partial charge < -0.3 is 29.6 Å². The molecule has 1 aliphatic heterocycles. The zero-order valence-corrected chi connectivity index (χ0v) is 17.6. The lowest BCUT2D eigenvalue weighted by molar-refractivity contribution is 0.0790. The molecule has 2 aromatic carbocycles. The number of para-hydroxylation sites is 2. The molecule has 1 atom stereocenters. The van der Waals surface area contributed by atoms with Crippen molar-refractivity contribution in [1.82, 2.24) is 9.55 Å². The van der Waals surface area contributed by atoms with Crippen LogP contribution in [0.4, 0.5) is 5.82 Å². The molecule has 0 bridgehead atoms. The second-order valence-electron chi connectivity index (χ2n) is 7.19. The largest absolute Gasteiger partial charge is 0.506 e. The Hall–Kier alpha value is -3.65. The lowest BCUT2D eigenvalue weighted by Crippen LogP contribution is -2.33. The van der Waals surface area contributed by atoms with Crippen molar-refractivity contribution >= 4 is 17.2 Å². The van der Waals surface area contributed by atoms with Crippen LogP contribution in [-0.4, -0.2) is 34.5 Å². The number of thiazole rings is 1. The Bertz CT molecular complexity index is 1220. The standard InChI is InChI=1S/C23H21N3O4S/c1-28-15-8-6-14(7-9-15)17-13-31-23(25-17)21-18(27)11-26(22(21)24)10-16-12-29-19-4-2-3-5-20(19)30-16/h2-9,11,13,16,27H,10,12,24H2,1H3/t16-/m0/s1. The average Bonchev–Trinajstić information content (AvgIpc) is 3.38. The maximum absolute atomic E-state index is 10.6. The van der Waals surface area contributed by atoms with E-state index in [4.69, 9.17) is 19.9 Å². The number of hydrogen-bond donors (Lipinski definition) is 2. The van der Waals surface area contributed by atoms with Gasteiger partial charge in [-0.2, -0.15) is 0 Å². The number of nitrogen functional groups attached to an aromatic ring is 1. The van der Waals surface area contributed by atoms with Crippen molar-refractivity contribution in [2.45, 2.75) is 12.6 Å². The number of benzene rings is 2. The Labute approximate surface area is 183 Å². The monoisotopic (exact) mass is 435 g/mol. The summed E-state index contributed by atoms with van der Waals surface area (Å²) >= 11 is 1.43. The molecule has 3 N–H and O–H groups in total. The summed E-state index contributed by atoms with van der Waals surface area (Å²) in [5, 5.41) is 13.2. The SMILES string of the molecule is COc1ccc(-c2csc(-c3c(O)cn(C[C@H]4COc5ccccc5O4)c3N)n2)cc1. The number of anilines is 1. The van der Waals surface area contributed by atoms with Gasteiger partial charge in [0, 0.05) is 17.1 Å². The third-order valence-corrected chi connectivity index (χ3v) is 6.03. The van der Waals surface area contributed by atoms with Gasteiger partial charge in [0.1, 0.15) is 28.9 Å². The summed E-state index contributed by atoms with van der Waals surface area (Å²) in [5.41, 5.74) is 8.70. The van der Waals surface area contributed by atoms with E-state index in [0.29, 0.717) is 35.3 Å². The van der Waals surface area contributed by atoms with E-state index >= 15 is 0 Å². The molecule has 7 nitrogen and oxygen atoms in total. The number of methoxy groups -OCH3 is 1.